The summed E-state index contributed by atoms with van der Waals surface area (Å²) in [5.41, 5.74) is 2.47. The minimum Gasteiger partial charge on any atom is -0.380 e. The van der Waals surface area contributed by atoms with Crippen molar-refractivity contribution in [3.63, 3.8) is 0 Å². The van der Waals surface area contributed by atoms with Crippen molar-refractivity contribution in [2.75, 3.05) is 7.11 Å². The van der Waals surface area contributed by atoms with Gasteiger partial charge in [-0.2, -0.15) is 0 Å². The van der Waals surface area contributed by atoms with Crippen LogP contribution in [0.1, 0.15) is 36.3 Å². The van der Waals surface area contributed by atoms with Crippen LogP contribution in [0.4, 0.5) is 0 Å². The van der Waals surface area contributed by atoms with E-state index < -0.39 is 0 Å². The van der Waals surface area contributed by atoms with Crippen molar-refractivity contribution in [1.82, 2.24) is 15.3 Å². The third kappa shape index (κ3) is 3.91. The van der Waals surface area contributed by atoms with E-state index >= 15 is 0 Å². The number of hydrogen-bond acceptors (Lipinski definition) is 3. The van der Waals surface area contributed by atoms with Crippen LogP contribution in [0, 0.1) is 0 Å². The molecule has 4 nitrogen and oxygen atoms in total. The van der Waals surface area contributed by atoms with Gasteiger partial charge in [-0.1, -0.05) is 31.2 Å². The van der Waals surface area contributed by atoms with Gasteiger partial charge in [0.2, 0.25) is 0 Å². The summed E-state index contributed by atoms with van der Waals surface area (Å²) in [5.74, 6) is 0.996. The second kappa shape index (κ2) is 7.07. The molecule has 2 rings (SSSR count). The van der Waals surface area contributed by atoms with Gasteiger partial charge in [0.15, 0.2) is 0 Å². The minimum absolute atomic E-state index is 0.265. The number of imidazole rings is 1. The summed E-state index contributed by atoms with van der Waals surface area (Å²) in [6.45, 7) is 3.64. The molecule has 1 heterocycles. The lowest BCUT2D eigenvalue weighted by Gasteiger charge is -2.15. The van der Waals surface area contributed by atoms with E-state index in [4.69, 9.17) is 4.74 Å². The van der Waals surface area contributed by atoms with E-state index in [9.17, 15) is 0 Å². The average molecular weight is 259 g/mol. The maximum Gasteiger partial charge on any atom is 0.123 e. The first-order chi connectivity index (χ1) is 9.33. The first-order valence-corrected chi connectivity index (χ1v) is 6.63. The number of ether oxygens (including phenoxy) is 1. The summed E-state index contributed by atoms with van der Waals surface area (Å²) in [5, 5.41) is 3.52. The fourth-order valence-corrected chi connectivity index (χ4v) is 2.14. The van der Waals surface area contributed by atoms with Gasteiger partial charge in [-0.25, -0.2) is 4.98 Å². The molecule has 2 N–H and O–H groups in total. The van der Waals surface area contributed by atoms with Crippen molar-refractivity contribution >= 4 is 0 Å². The molecule has 0 bridgehead atoms. The van der Waals surface area contributed by atoms with Gasteiger partial charge in [-0.15, -0.1) is 0 Å². The van der Waals surface area contributed by atoms with Crippen LogP contribution in [0.3, 0.4) is 0 Å². The van der Waals surface area contributed by atoms with Crippen molar-refractivity contribution in [2.45, 2.75) is 32.5 Å². The molecule has 0 aliphatic heterocycles. The van der Waals surface area contributed by atoms with Crippen LogP contribution < -0.4 is 5.32 Å². The zero-order valence-corrected chi connectivity index (χ0v) is 11.5. The fraction of sp³-hybridized carbons (Fsp3) is 0.400. The van der Waals surface area contributed by atoms with Gasteiger partial charge in [0.05, 0.1) is 12.6 Å². The molecule has 0 aliphatic carbocycles. The molecule has 1 aromatic carbocycles. The molecule has 0 spiro atoms. The van der Waals surface area contributed by atoms with E-state index in [0.29, 0.717) is 6.61 Å². The Labute approximate surface area is 114 Å². The molecule has 4 heteroatoms. The Kier molecular flexibility index (Phi) is 5.12. The van der Waals surface area contributed by atoms with Crippen LogP contribution in [0.5, 0.6) is 0 Å². The van der Waals surface area contributed by atoms with Crippen LogP contribution in [-0.4, -0.2) is 17.1 Å². The zero-order valence-electron chi connectivity index (χ0n) is 11.5. The lowest BCUT2D eigenvalue weighted by Crippen LogP contribution is -2.21. The number of aromatic nitrogens is 2. The molecular formula is C15H21N3O. The van der Waals surface area contributed by atoms with E-state index in [0.717, 1.165) is 18.8 Å². The number of aromatic amines is 1. The maximum atomic E-state index is 5.15. The summed E-state index contributed by atoms with van der Waals surface area (Å²) in [6, 6.07) is 8.71. The normalized spacial score (nSPS) is 12.5. The average Bonchev–Trinajstić information content (AvgIpc) is 2.94. The molecule has 0 amide bonds. The number of nitrogens with one attached hydrogen (secondary N) is 2. The number of benzene rings is 1. The lowest BCUT2D eigenvalue weighted by atomic mass is 10.1. The van der Waals surface area contributed by atoms with Gasteiger partial charge in [-0.05, 0) is 17.5 Å². The molecule has 0 saturated carbocycles. The van der Waals surface area contributed by atoms with Crippen molar-refractivity contribution < 1.29 is 4.74 Å². The molecule has 1 aromatic heterocycles. The minimum atomic E-state index is 0.265. The highest BCUT2D eigenvalue weighted by Gasteiger charge is 2.10. The Hall–Kier alpha value is -1.65. The Balaban J connectivity index is 1.95. The predicted octanol–water partition coefficient (Wildman–Crippen LogP) is 2.80. The molecule has 2 aromatic rings. The Morgan fingerprint density at radius 3 is 2.89 bits per heavy atom. The molecular weight excluding hydrogens is 238 g/mol. The summed E-state index contributed by atoms with van der Waals surface area (Å²) in [4.78, 5) is 7.47. The highest BCUT2D eigenvalue weighted by Crippen LogP contribution is 2.13. The Morgan fingerprint density at radius 2 is 2.21 bits per heavy atom. The summed E-state index contributed by atoms with van der Waals surface area (Å²) < 4.78 is 5.15. The van der Waals surface area contributed by atoms with E-state index in [1.807, 2.05) is 6.20 Å². The van der Waals surface area contributed by atoms with Crippen molar-refractivity contribution in [1.29, 1.82) is 0 Å². The van der Waals surface area contributed by atoms with Crippen LogP contribution in [-0.2, 0) is 17.9 Å². The van der Waals surface area contributed by atoms with E-state index in [1.54, 1.807) is 13.3 Å². The monoisotopic (exact) mass is 259 g/mol. The highest BCUT2D eigenvalue weighted by atomic mass is 16.5. The number of H-pyrrole nitrogens is 1. The molecule has 0 saturated heterocycles. The van der Waals surface area contributed by atoms with Crippen LogP contribution >= 0.6 is 0 Å². The van der Waals surface area contributed by atoms with Crippen LogP contribution in [0.15, 0.2) is 36.7 Å². The SMILES string of the molecule is CCC(NCc1cccc(COC)c1)c1ncc[nH]1. The number of rotatable bonds is 7. The van der Waals surface area contributed by atoms with E-state index in [1.165, 1.54) is 11.1 Å². The Morgan fingerprint density at radius 1 is 1.37 bits per heavy atom. The molecule has 0 fully saturated rings. The number of nitrogens with zero attached hydrogens (tertiary/aromatic N) is 1. The molecule has 102 valence electrons. The van der Waals surface area contributed by atoms with E-state index in [2.05, 4.69) is 46.5 Å². The summed E-state index contributed by atoms with van der Waals surface area (Å²) in [6.07, 6.45) is 4.66. The van der Waals surface area contributed by atoms with Crippen molar-refractivity contribution in [3.8, 4) is 0 Å². The quantitative estimate of drug-likeness (QED) is 0.804. The highest BCUT2D eigenvalue weighted by molar-refractivity contribution is 5.23. The van der Waals surface area contributed by atoms with Gasteiger partial charge in [-0.3, -0.25) is 0 Å². The zero-order chi connectivity index (χ0) is 13.5. The van der Waals surface area contributed by atoms with Gasteiger partial charge in [0.25, 0.3) is 0 Å². The van der Waals surface area contributed by atoms with Gasteiger partial charge in [0, 0.05) is 26.0 Å². The maximum absolute atomic E-state index is 5.15. The van der Waals surface area contributed by atoms with E-state index in [-0.39, 0.29) is 6.04 Å². The largest absolute Gasteiger partial charge is 0.380 e. The third-order valence-corrected chi connectivity index (χ3v) is 3.11. The van der Waals surface area contributed by atoms with Gasteiger partial charge >= 0.3 is 0 Å². The molecule has 1 unspecified atom stereocenters. The van der Waals surface area contributed by atoms with Crippen molar-refractivity contribution in [3.05, 3.63) is 53.6 Å². The van der Waals surface area contributed by atoms with Crippen LogP contribution in [0.25, 0.3) is 0 Å². The molecule has 1 atom stereocenters. The standard InChI is InChI=1S/C15H21N3O/c1-3-14(15-16-7-8-17-15)18-10-12-5-4-6-13(9-12)11-19-2/h4-9,14,18H,3,10-11H2,1-2H3,(H,16,17). The second-order valence-electron chi connectivity index (χ2n) is 4.57. The fourth-order valence-electron chi connectivity index (χ4n) is 2.14. The first kappa shape index (κ1) is 13.8. The van der Waals surface area contributed by atoms with Gasteiger partial charge in [0.1, 0.15) is 5.82 Å². The summed E-state index contributed by atoms with van der Waals surface area (Å²) >= 11 is 0. The molecule has 0 radical (unpaired) electrons. The smallest absolute Gasteiger partial charge is 0.123 e. The van der Waals surface area contributed by atoms with Crippen molar-refractivity contribution in [2.24, 2.45) is 0 Å². The van der Waals surface area contributed by atoms with Crippen LogP contribution in [0.2, 0.25) is 0 Å². The third-order valence-electron chi connectivity index (χ3n) is 3.11. The molecule has 19 heavy (non-hydrogen) atoms. The summed E-state index contributed by atoms with van der Waals surface area (Å²) in [7, 11) is 1.72. The predicted molar refractivity (Wildman–Crippen MR) is 75.6 cm³/mol. The first-order valence-electron chi connectivity index (χ1n) is 6.63. The van der Waals surface area contributed by atoms with Gasteiger partial charge < -0.3 is 15.0 Å². The lowest BCUT2D eigenvalue weighted by molar-refractivity contribution is 0.185. The Bertz CT molecular complexity index is 482. The topological polar surface area (TPSA) is 49.9 Å². The second-order valence-corrected chi connectivity index (χ2v) is 4.57. The molecule has 0 aliphatic rings. The number of methoxy groups -OCH3 is 1. The number of hydrogen-bond donors (Lipinski definition) is 2.